The van der Waals surface area contributed by atoms with Crippen molar-refractivity contribution in [2.24, 2.45) is 5.92 Å². The Kier molecular flexibility index (Phi) is 4.34. The maximum Gasteiger partial charge on any atom is 0.227 e. The number of carbonyl (C=O) groups is 2. The zero-order valence-corrected chi connectivity index (χ0v) is 11.0. The second kappa shape index (κ2) is 6.18. The molecule has 0 bridgehead atoms. The number of nitrogens with one attached hydrogen (secondary N) is 2. The fraction of sp³-hybridized carbons (Fsp3) is 0.333. The van der Waals surface area contributed by atoms with Crippen molar-refractivity contribution in [1.82, 2.24) is 0 Å². The average Bonchev–Trinajstić information content (AvgIpc) is 2.41. The Morgan fingerprint density at radius 3 is 2.21 bits per heavy atom. The van der Waals surface area contributed by atoms with Crippen molar-refractivity contribution in [2.75, 3.05) is 10.6 Å². The molecule has 4 nitrogen and oxygen atoms in total. The van der Waals surface area contributed by atoms with E-state index in [2.05, 4.69) is 22.8 Å². The highest BCUT2D eigenvalue weighted by Crippen LogP contribution is 2.21. The Bertz CT molecular complexity index is 491. The van der Waals surface area contributed by atoms with E-state index in [1.54, 1.807) is 24.3 Å². The standard InChI is InChI=1S/C15H18N2O2/c1-11(18)16-13-7-9-14(10-8-13)17-15(19)12-5-3-2-4-6-12/h2-3,7-10,12H,4-6H2,1H3,(H,16,18)(H,17,19). The molecule has 2 rings (SSSR count). The van der Waals surface area contributed by atoms with Crippen molar-refractivity contribution < 1.29 is 9.59 Å². The van der Waals surface area contributed by atoms with Gasteiger partial charge >= 0.3 is 0 Å². The predicted octanol–water partition coefficient (Wildman–Crippen LogP) is 2.94. The molecule has 19 heavy (non-hydrogen) atoms. The number of benzene rings is 1. The Morgan fingerprint density at radius 2 is 1.68 bits per heavy atom. The maximum absolute atomic E-state index is 12.0. The van der Waals surface area contributed by atoms with Crippen LogP contribution in [0, 0.1) is 5.92 Å². The van der Waals surface area contributed by atoms with E-state index in [1.807, 2.05) is 0 Å². The van der Waals surface area contributed by atoms with Gasteiger partial charge in [-0.15, -0.1) is 0 Å². The summed E-state index contributed by atoms with van der Waals surface area (Å²) in [5, 5.41) is 5.59. The molecule has 1 unspecified atom stereocenters. The first-order valence-corrected chi connectivity index (χ1v) is 6.48. The molecule has 0 spiro atoms. The van der Waals surface area contributed by atoms with Gasteiger partial charge in [0.2, 0.25) is 11.8 Å². The molecule has 1 aliphatic carbocycles. The molecule has 0 radical (unpaired) electrons. The molecule has 2 amide bonds. The van der Waals surface area contributed by atoms with Gasteiger partial charge in [-0.25, -0.2) is 0 Å². The van der Waals surface area contributed by atoms with Gasteiger partial charge in [0.25, 0.3) is 0 Å². The molecule has 0 aromatic heterocycles. The van der Waals surface area contributed by atoms with Crippen LogP contribution >= 0.6 is 0 Å². The lowest BCUT2D eigenvalue weighted by molar-refractivity contribution is -0.120. The van der Waals surface area contributed by atoms with E-state index >= 15 is 0 Å². The number of carbonyl (C=O) groups excluding carboxylic acids is 2. The number of allylic oxidation sites excluding steroid dienone is 2. The summed E-state index contributed by atoms with van der Waals surface area (Å²) in [5.74, 6) is 0.0300. The van der Waals surface area contributed by atoms with Crippen molar-refractivity contribution >= 4 is 23.2 Å². The lowest BCUT2D eigenvalue weighted by Gasteiger charge is -2.17. The summed E-state index contributed by atoms with van der Waals surface area (Å²) < 4.78 is 0. The van der Waals surface area contributed by atoms with Crippen LogP contribution in [-0.2, 0) is 9.59 Å². The molecule has 4 heteroatoms. The summed E-state index contributed by atoms with van der Waals surface area (Å²) in [6.45, 7) is 1.46. The topological polar surface area (TPSA) is 58.2 Å². The third kappa shape index (κ3) is 3.95. The summed E-state index contributed by atoms with van der Waals surface area (Å²) >= 11 is 0. The molecule has 0 saturated carbocycles. The lowest BCUT2D eigenvalue weighted by atomic mass is 9.93. The zero-order chi connectivity index (χ0) is 13.7. The van der Waals surface area contributed by atoms with Gasteiger partial charge in [-0.3, -0.25) is 9.59 Å². The van der Waals surface area contributed by atoms with E-state index in [-0.39, 0.29) is 17.7 Å². The quantitative estimate of drug-likeness (QED) is 0.819. The molecule has 1 aromatic rings. The summed E-state index contributed by atoms with van der Waals surface area (Å²) in [4.78, 5) is 22.9. The minimum Gasteiger partial charge on any atom is -0.326 e. The van der Waals surface area contributed by atoms with Crippen molar-refractivity contribution in [1.29, 1.82) is 0 Å². The lowest BCUT2D eigenvalue weighted by Crippen LogP contribution is -2.23. The molecule has 1 atom stereocenters. The van der Waals surface area contributed by atoms with Gasteiger partial charge in [-0.2, -0.15) is 0 Å². The van der Waals surface area contributed by atoms with Crippen LogP contribution in [0.1, 0.15) is 26.2 Å². The van der Waals surface area contributed by atoms with Crippen LogP contribution in [0.3, 0.4) is 0 Å². The first kappa shape index (κ1) is 13.3. The van der Waals surface area contributed by atoms with Gasteiger partial charge in [-0.05, 0) is 43.5 Å². The van der Waals surface area contributed by atoms with Crippen LogP contribution < -0.4 is 10.6 Å². The first-order valence-electron chi connectivity index (χ1n) is 6.48. The largest absolute Gasteiger partial charge is 0.326 e. The highest BCUT2D eigenvalue weighted by Gasteiger charge is 2.18. The fourth-order valence-electron chi connectivity index (χ4n) is 2.12. The summed E-state index contributed by atoms with van der Waals surface area (Å²) in [6, 6.07) is 7.14. The average molecular weight is 258 g/mol. The van der Waals surface area contributed by atoms with Gasteiger partial charge in [0.15, 0.2) is 0 Å². The normalized spacial score (nSPS) is 17.8. The number of rotatable bonds is 3. The highest BCUT2D eigenvalue weighted by molar-refractivity contribution is 5.93. The summed E-state index contributed by atoms with van der Waals surface area (Å²) in [7, 11) is 0. The summed E-state index contributed by atoms with van der Waals surface area (Å²) in [5.41, 5.74) is 1.49. The van der Waals surface area contributed by atoms with Crippen molar-refractivity contribution in [3.63, 3.8) is 0 Å². The summed E-state index contributed by atoms with van der Waals surface area (Å²) in [6.07, 6.45) is 6.88. The molecule has 1 aromatic carbocycles. The third-order valence-electron chi connectivity index (χ3n) is 3.11. The molecular weight excluding hydrogens is 240 g/mol. The number of hydrogen-bond acceptors (Lipinski definition) is 2. The highest BCUT2D eigenvalue weighted by atomic mass is 16.2. The van der Waals surface area contributed by atoms with E-state index in [1.165, 1.54) is 6.92 Å². The van der Waals surface area contributed by atoms with Crippen molar-refractivity contribution in [2.45, 2.75) is 26.2 Å². The van der Waals surface area contributed by atoms with Crippen LogP contribution in [0.15, 0.2) is 36.4 Å². The molecule has 100 valence electrons. The number of hydrogen-bond donors (Lipinski definition) is 2. The smallest absolute Gasteiger partial charge is 0.227 e. The van der Waals surface area contributed by atoms with E-state index in [0.29, 0.717) is 0 Å². The van der Waals surface area contributed by atoms with Gasteiger partial charge in [0.1, 0.15) is 0 Å². The van der Waals surface area contributed by atoms with Gasteiger partial charge in [-0.1, -0.05) is 12.2 Å². The van der Waals surface area contributed by atoms with Gasteiger partial charge in [0, 0.05) is 24.2 Å². The second-order valence-corrected chi connectivity index (χ2v) is 4.73. The van der Waals surface area contributed by atoms with Crippen LogP contribution in [0.2, 0.25) is 0 Å². The molecule has 0 aliphatic heterocycles. The minimum absolute atomic E-state index is 0.0663. The molecule has 0 saturated heterocycles. The minimum atomic E-state index is -0.106. The molecule has 0 heterocycles. The van der Waals surface area contributed by atoms with E-state index in [0.717, 1.165) is 30.6 Å². The van der Waals surface area contributed by atoms with E-state index in [4.69, 9.17) is 0 Å². The Morgan fingerprint density at radius 1 is 1.05 bits per heavy atom. The van der Waals surface area contributed by atoms with E-state index in [9.17, 15) is 9.59 Å². The molecule has 0 fully saturated rings. The van der Waals surface area contributed by atoms with Crippen LogP contribution in [0.4, 0.5) is 11.4 Å². The van der Waals surface area contributed by atoms with E-state index < -0.39 is 0 Å². The van der Waals surface area contributed by atoms with Gasteiger partial charge in [0.05, 0.1) is 0 Å². The fourth-order valence-corrected chi connectivity index (χ4v) is 2.12. The Balaban J connectivity index is 1.93. The van der Waals surface area contributed by atoms with Crippen LogP contribution in [0.25, 0.3) is 0 Å². The SMILES string of the molecule is CC(=O)Nc1ccc(NC(=O)C2CC=CCC2)cc1. The van der Waals surface area contributed by atoms with Crippen molar-refractivity contribution in [3.8, 4) is 0 Å². The second-order valence-electron chi connectivity index (χ2n) is 4.73. The third-order valence-corrected chi connectivity index (χ3v) is 3.11. The van der Waals surface area contributed by atoms with Crippen LogP contribution in [-0.4, -0.2) is 11.8 Å². The Hall–Kier alpha value is -2.10. The number of anilines is 2. The number of amides is 2. The predicted molar refractivity (Wildman–Crippen MR) is 75.9 cm³/mol. The maximum atomic E-state index is 12.0. The van der Waals surface area contributed by atoms with Crippen molar-refractivity contribution in [3.05, 3.63) is 36.4 Å². The van der Waals surface area contributed by atoms with Crippen LogP contribution in [0.5, 0.6) is 0 Å². The molecular formula is C15H18N2O2. The Labute approximate surface area is 112 Å². The first-order chi connectivity index (χ1) is 9.15. The zero-order valence-electron chi connectivity index (χ0n) is 11.0. The molecule has 1 aliphatic rings. The monoisotopic (exact) mass is 258 g/mol. The van der Waals surface area contributed by atoms with Gasteiger partial charge < -0.3 is 10.6 Å². The molecule has 2 N–H and O–H groups in total.